The number of halogens is 1. The molecule has 4 rings (SSSR count). The standard InChI is InChI=1S/C28H31ClN2O4S/c1-4-19(2)31(28(33)20-6-5-7-23(16-20)34-3)17-27(32)30-14-12-26-24(13-15-36-26)25(30)18-35-22-10-8-21(29)9-11-22/h5-11,13,15-16,19,25H,4,12,14,17-18H2,1-3H3/t19-,25-/m0/s1. The number of amides is 2. The third-order valence-electron chi connectivity index (χ3n) is 6.64. The summed E-state index contributed by atoms with van der Waals surface area (Å²) < 4.78 is 11.4. The van der Waals surface area contributed by atoms with Gasteiger partial charge in [0.05, 0.1) is 13.2 Å². The van der Waals surface area contributed by atoms with Crippen LogP contribution in [-0.4, -0.2) is 54.5 Å². The number of nitrogens with zero attached hydrogens (tertiary/aromatic N) is 2. The second-order valence-corrected chi connectivity index (χ2v) is 10.3. The summed E-state index contributed by atoms with van der Waals surface area (Å²) in [4.78, 5) is 32.0. The summed E-state index contributed by atoms with van der Waals surface area (Å²) in [5.74, 6) is 1.03. The molecule has 1 aliphatic heterocycles. The molecule has 0 bridgehead atoms. The third kappa shape index (κ3) is 5.85. The van der Waals surface area contributed by atoms with Crippen molar-refractivity contribution < 1.29 is 19.1 Å². The molecular formula is C28H31ClN2O4S. The van der Waals surface area contributed by atoms with Crippen molar-refractivity contribution in [3.8, 4) is 11.5 Å². The van der Waals surface area contributed by atoms with Crippen LogP contribution in [0.3, 0.4) is 0 Å². The van der Waals surface area contributed by atoms with E-state index < -0.39 is 0 Å². The normalized spacial score (nSPS) is 15.7. The molecule has 2 aromatic carbocycles. The van der Waals surface area contributed by atoms with E-state index in [0.29, 0.717) is 35.2 Å². The first-order valence-corrected chi connectivity index (χ1v) is 13.4. The highest BCUT2D eigenvalue weighted by Crippen LogP contribution is 2.34. The zero-order valence-electron chi connectivity index (χ0n) is 20.8. The van der Waals surface area contributed by atoms with E-state index in [1.807, 2.05) is 30.9 Å². The van der Waals surface area contributed by atoms with Gasteiger partial charge in [-0.15, -0.1) is 11.3 Å². The first kappa shape index (κ1) is 26.0. The van der Waals surface area contributed by atoms with E-state index >= 15 is 0 Å². The Kier molecular flexibility index (Phi) is 8.54. The van der Waals surface area contributed by atoms with Crippen molar-refractivity contribution in [2.75, 3.05) is 26.8 Å². The first-order chi connectivity index (χ1) is 17.4. The Morgan fingerprint density at radius 2 is 1.94 bits per heavy atom. The van der Waals surface area contributed by atoms with Crippen molar-refractivity contribution in [1.29, 1.82) is 0 Å². The number of carbonyl (C=O) groups excluding carboxylic acids is 2. The molecule has 6 nitrogen and oxygen atoms in total. The number of methoxy groups -OCH3 is 1. The number of rotatable bonds is 9. The van der Waals surface area contributed by atoms with Crippen LogP contribution in [0.4, 0.5) is 0 Å². The van der Waals surface area contributed by atoms with Crippen LogP contribution in [-0.2, 0) is 11.2 Å². The maximum atomic E-state index is 13.7. The van der Waals surface area contributed by atoms with Crippen LogP contribution in [0.2, 0.25) is 5.02 Å². The Bertz CT molecular complexity index is 1200. The molecule has 0 aliphatic carbocycles. The van der Waals surface area contributed by atoms with Crippen LogP contribution in [0.1, 0.15) is 47.1 Å². The summed E-state index contributed by atoms with van der Waals surface area (Å²) in [6.07, 6.45) is 1.53. The van der Waals surface area contributed by atoms with Crippen LogP contribution in [0, 0.1) is 0 Å². The molecule has 2 amide bonds. The summed E-state index contributed by atoms with van der Waals surface area (Å²) in [7, 11) is 1.57. The van der Waals surface area contributed by atoms with E-state index in [1.165, 1.54) is 4.88 Å². The van der Waals surface area contributed by atoms with Crippen molar-refractivity contribution in [3.05, 3.63) is 81.0 Å². The average molecular weight is 527 g/mol. The average Bonchev–Trinajstić information content (AvgIpc) is 3.39. The van der Waals surface area contributed by atoms with Gasteiger partial charge in [-0.25, -0.2) is 0 Å². The summed E-state index contributed by atoms with van der Waals surface area (Å²) in [5, 5.41) is 2.70. The number of fused-ring (bicyclic) bond motifs is 1. The fourth-order valence-electron chi connectivity index (χ4n) is 4.39. The highest BCUT2D eigenvalue weighted by molar-refractivity contribution is 7.10. The largest absolute Gasteiger partial charge is 0.497 e. The monoisotopic (exact) mass is 526 g/mol. The molecule has 190 valence electrons. The Morgan fingerprint density at radius 3 is 2.67 bits per heavy atom. The van der Waals surface area contributed by atoms with Crippen molar-refractivity contribution >= 4 is 34.8 Å². The molecule has 0 N–H and O–H groups in total. The van der Waals surface area contributed by atoms with Crippen molar-refractivity contribution in [1.82, 2.24) is 9.80 Å². The van der Waals surface area contributed by atoms with E-state index in [4.69, 9.17) is 21.1 Å². The number of carbonyl (C=O) groups is 2. The topological polar surface area (TPSA) is 59.1 Å². The van der Waals surface area contributed by atoms with Gasteiger partial charge in [0.15, 0.2) is 0 Å². The second-order valence-electron chi connectivity index (χ2n) is 8.84. The molecule has 0 radical (unpaired) electrons. The lowest BCUT2D eigenvalue weighted by Crippen LogP contribution is -2.49. The molecule has 3 aromatic rings. The predicted octanol–water partition coefficient (Wildman–Crippen LogP) is 5.86. The number of ether oxygens (including phenoxy) is 2. The maximum absolute atomic E-state index is 13.7. The minimum atomic E-state index is -0.228. The van der Waals surface area contributed by atoms with Crippen LogP contribution in [0.15, 0.2) is 60.0 Å². The summed E-state index contributed by atoms with van der Waals surface area (Å²) in [6, 6.07) is 16.0. The van der Waals surface area contributed by atoms with Gasteiger partial charge in [0.1, 0.15) is 24.7 Å². The Labute approximate surface area is 221 Å². The van der Waals surface area contributed by atoms with Gasteiger partial charge in [0, 0.05) is 28.0 Å². The van der Waals surface area contributed by atoms with Crippen LogP contribution >= 0.6 is 22.9 Å². The van der Waals surface area contributed by atoms with Crippen molar-refractivity contribution in [3.63, 3.8) is 0 Å². The Balaban J connectivity index is 1.54. The number of thiophene rings is 1. The van der Waals surface area contributed by atoms with Gasteiger partial charge in [-0.2, -0.15) is 0 Å². The molecule has 1 aliphatic rings. The van der Waals surface area contributed by atoms with Gasteiger partial charge < -0.3 is 19.3 Å². The molecular weight excluding hydrogens is 496 g/mol. The van der Waals surface area contributed by atoms with Gasteiger partial charge in [-0.05, 0) is 79.2 Å². The lowest BCUT2D eigenvalue weighted by Gasteiger charge is -2.38. The molecule has 8 heteroatoms. The van der Waals surface area contributed by atoms with E-state index in [-0.39, 0.29) is 30.4 Å². The lowest BCUT2D eigenvalue weighted by atomic mass is 10.00. The highest BCUT2D eigenvalue weighted by atomic mass is 35.5. The fraction of sp³-hybridized carbons (Fsp3) is 0.357. The third-order valence-corrected chi connectivity index (χ3v) is 7.89. The van der Waals surface area contributed by atoms with E-state index in [9.17, 15) is 9.59 Å². The molecule has 0 saturated carbocycles. The molecule has 36 heavy (non-hydrogen) atoms. The SMILES string of the molecule is CC[C@H](C)N(CC(=O)N1CCc2sccc2[C@@H]1COc1ccc(Cl)cc1)C(=O)c1cccc(OC)c1. The molecule has 2 atom stereocenters. The van der Waals surface area contributed by atoms with Crippen LogP contribution < -0.4 is 9.47 Å². The zero-order chi connectivity index (χ0) is 25.7. The molecule has 0 spiro atoms. The van der Waals surface area contributed by atoms with E-state index in [1.54, 1.807) is 59.7 Å². The molecule has 0 fully saturated rings. The number of benzene rings is 2. The van der Waals surface area contributed by atoms with Gasteiger partial charge in [-0.1, -0.05) is 24.6 Å². The van der Waals surface area contributed by atoms with Crippen LogP contribution in [0.5, 0.6) is 11.5 Å². The van der Waals surface area contributed by atoms with Crippen molar-refractivity contribution in [2.24, 2.45) is 0 Å². The summed E-state index contributed by atoms with van der Waals surface area (Å²) in [6.45, 7) is 4.90. The Morgan fingerprint density at radius 1 is 1.17 bits per heavy atom. The zero-order valence-corrected chi connectivity index (χ0v) is 22.3. The molecule has 0 unspecified atom stereocenters. The number of hydrogen-bond donors (Lipinski definition) is 0. The second kappa shape index (κ2) is 11.8. The first-order valence-electron chi connectivity index (χ1n) is 12.1. The van der Waals surface area contributed by atoms with Crippen LogP contribution in [0.25, 0.3) is 0 Å². The highest BCUT2D eigenvalue weighted by Gasteiger charge is 2.34. The number of hydrogen-bond acceptors (Lipinski definition) is 5. The summed E-state index contributed by atoms with van der Waals surface area (Å²) in [5.41, 5.74) is 1.62. The molecule has 1 aromatic heterocycles. The quantitative estimate of drug-likeness (QED) is 0.350. The lowest BCUT2D eigenvalue weighted by molar-refractivity contribution is -0.136. The predicted molar refractivity (Wildman–Crippen MR) is 143 cm³/mol. The minimum Gasteiger partial charge on any atom is -0.497 e. The van der Waals surface area contributed by atoms with E-state index in [2.05, 4.69) is 11.4 Å². The van der Waals surface area contributed by atoms with Gasteiger partial charge in [0.25, 0.3) is 5.91 Å². The van der Waals surface area contributed by atoms with Gasteiger partial charge >= 0.3 is 0 Å². The maximum Gasteiger partial charge on any atom is 0.254 e. The summed E-state index contributed by atoms with van der Waals surface area (Å²) >= 11 is 7.71. The smallest absolute Gasteiger partial charge is 0.254 e. The Hall–Kier alpha value is -3.03. The van der Waals surface area contributed by atoms with E-state index in [0.717, 1.165) is 18.4 Å². The minimum absolute atomic E-state index is 0.00195. The van der Waals surface area contributed by atoms with Gasteiger partial charge in [0.2, 0.25) is 5.91 Å². The fourth-order valence-corrected chi connectivity index (χ4v) is 5.44. The molecule has 2 heterocycles. The molecule has 0 saturated heterocycles. The van der Waals surface area contributed by atoms with Crippen molar-refractivity contribution in [2.45, 2.75) is 38.8 Å². The van der Waals surface area contributed by atoms with Gasteiger partial charge in [-0.3, -0.25) is 9.59 Å².